The standard InChI is InChI=1S/C9H7ClO2.K/c10-8-4-1-7(2-5-8)3-6-9(11)12;/h1-6H,(H,11,12);/q;+1/p-1/b6-3+;. The van der Waals surface area contributed by atoms with Crippen molar-refractivity contribution in [3.8, 4) is 0 Å². The third-order valence-electron chi connectivity index (χ3n) is 1.28. The topological polar surface area (TPSA) is 40.1 Å². The number of benzene rings is 1. The molecule has 1 aromatic rings. The summed E-state index contributed by atoms with van der Waals surface area (Å²) in [6.45, 7) is 0. The number of carbonyl (C=O) groups is 1. The normalized spacial score (nSPS) is 9.62. The van der Waals surface area contributed by atoms with E-state index in [2.05, 4.69) is 0 Å². The molecule has 0 unspecified atom stereocenters. The minimum absolute atomic E-state index is 0. The van der Waals surface area contributed by atoms with Crippen LogP contribution in [0, 0.1) is 0 Å². The monoisotopic (exact) mass is 220 g/mol. The first-order valence-electron chi connectivity index (χ1n) is 3.33. The minimum atomic E-state index is -1.20. The van der Waals surface area contributed by atoms with Gasteiger partial charge in [-0.2, -0.15) is 0 Å². The second kappa shape index (κ2) is 6.76. The summed E-state index contributed by atoms with van der Waals surface area (Å²) in [5, 5.41) is 10.6. The Hall–Kier alpha value is 0.356. The van der Waals surface area contributed by atoms with Crippen LogP contribution >= 0.6 is 11.6 Å². The Morgan fingerprint density at radius 1 is 1.31 bits per heavy atom. The van der Waals surface area contributed by atoms with Crippen molar-refractivity contribution in [2.45, 2.75) is 0 Å². The van der Waals surface area contributed by atoms with Crippen molar-refractivity contribution in [1.29, 1.82) is 0 Å². The maximum Gasteiger partial charge on any atom is 1.00 e. The van der Waals surface area contributed by atoms with Crippen LogP contribution in [0.4, 0.5) is 0 Å². The van der Waals surface area contributed by atoms with Gasteiger partial charge >= 0.3 is 51.4 Å². The Balaban J connectivity index is 0.00000144. The molecule has 0 bridgehead atoms. The predicted molar refractivity (Wildman–Crippen MR) is 45.5 cm³/mol. The van der Waals surface area contributed by atoms with Gasteiger partial charge < -0.3 is 9.90 Å². The number of halogens is 1. The van der Waals surface area contributed by atoms with E-state index < -0.39 is 5.97 Å². The van der Waals surface area contributed by atoms with Gasteiger partial charge in [-0.05, 0) is 23.8 Å². The van der Waals surface area contributed by atoms with Crippen molar-refractivity contribution in [3.63, 3.8) is 0 Å². The number of hydrogen-bond donors (Lipinski definition) is 0. The zero-order valence-corrected chi connectivity index (χ0v) is 11.0. The SMILES string of the molecule is O=C([O-])/C=C/c1ccc(Cl)cc1.[K+]. The minimum Gasteiger partial charge on any atom is -0.545 e. The maximum absolute atomic E-state index is 10.0. The molecule has 62 valence electrons. The predicted octanol–water partition coefficient (Wildman–Crippen LogP) is -1.89. The molecule has 0 fully saturated rings. The van der Waals surface area contributed by atoms with Gasteiger partial charge in [-0.25, -0.2) is 0 Å². The molecule has 0 amide bonds. The van der Waals surface area contributed by atoms with Crippen LogP contribution in [-0.2, 0) is 4.79 Å². The first-order chi connectivity index (χ1) is 5.68. The Morgan fingerprint density at radius 2 is 1.85 bits per heavy atom. The van der Waals surface area contributed by atoms with E-state index in [1.165, 1.54) is 6.08 Å². The molecule has 1 rings (SSSR count). The Morgan fingerprint density at radius 3 is 2.31 bits per heavy atom. The zero-order valence-electron chi connectivity index (χ0n) is 7.16. The van der Waals surface area contributed by atoms with E-state index in [9.17, 15) is 9.90 Å². The average molecular weight is 221 g/mol. The molecule has 4 heteroatoms. The van der Waals surface area contributed by atoms with Crippen molar-refractivity contribution in [2.24, 2.45) is 0 Å². The van der Waals surface area contributed by atoms with Crippen molar-refractivity contribution in [2.75, 3.05) is 0 Å². The molecule has 0 heterocycles. The van der Waals surface area contributed by atoms with Gasteiger partial charge in [0.25, 0.3) is 0 Å². The van der Waals surface area contributed by atoms with Crippen LogP contribution < -0.4 is 56.5 Å². The van der Waals surface area contributed by atoms with Gasteiger partial charge in [0, 0.05) is 5.02 Å². The third kappa shape index (κ3) is 5.62. The molecule has 0 aliphatic rings. The average Bonchev–Trinajstić information content (AvgIpc) is 2.03. The van der Waals surface area contributed by atoms with E-state index in [0.717, 1.165) is 11.6 Å². The van der Waals surface area contributed by atoms with Crippen LogP contribution in [0.25, 0.3) is 6.08 Å². The molecule has 0 saturated carbocycles. The Labute approximate surface area is 124 Å². The molecular formula is C9H6ClKO2. The molecule has 0 saturated heterocycles. The van der Waals surface area contributed by atoms with Gasteiger partial charge in [0.15, 0.2) is 0 Å². The Bertz CT molecular complexity index is 306. The first kappa shape index (κ1) is 13.4. The van der Waals surface area contributed by atoms with E-state index in [1.807, 2.05) is 0 Å². The second-order valence-corrected chi connectivity index (χ2v) is 2.64. The van der Waals surface area contributed by atoms with Gasteiger partial charge in [-0.15, -0.1) is 0 Å². The third-order valence-corrected chi connectivity index (χ3v) is 1.53. The van der Waals surface area contributed by atoms with Crippen LogP contribution in [0.2, 0.25) is 5.02 Å². The molecular weight excluding hydrogens is 215 g/mol. The van der Waals surface area contributed by atoms with Crippen molar-refractivity contribution >= 4 is 23.6 Å². The number of aliphatic carboxylic acids is 1. The largest absolute Gasteiger partial charge is 1.00 e. The summed E-state index contributed by atoms with van der Waals surface area (Å²) >= 11 is 5.62. The summed E-state index contributed by atoms with van der Waals surface area (Å²) in [4.78, 5) is 10.0. The summed E-state index contributed by atoms with van der Waals surface area (Å²) in [5.41, 5.74) is 0.781. The number of carbonyl (C=O) groups excluding carboxylic acids is 1. The van der Waals surface area contributed by atoms with E-state index in [4.69, 9.17) is 11.6 Å². The molecule has 0 N–H and O–H groups in total. The van der Waals surface area contributed by atoms with E-state index in [0.29, 0.717) is 5.02 Å². The van der Waals surface area contributed by atoms with Crippen molar-refractivity contribution in [1.82, 2.24) is 0 Å². The molecule has 1 aromatic carbocycles. The first-order valence-corrected chi connectivity index (χ1v) is 3.71. The van der Waals surface area contributed by atoms with Gasteiger partial charge in [0.05, 0.1) is 5.97 Å². The van der Waals surface area contributed by atoms with Crippen LogP contribution in [0.5, 0.6) is 0 Å². The van der Waals surface area contributed by atoms with E-state index in [-0.39, 0.29) is 51.4 Å². The van der Waals surface area contributed by atoms with Crippen LogP contribution in [-0.4, -0.2) is 5.97 Å². The van der Waals surface area contributed by atoms with Gasteiger partial charge in [0.2, 0.25) is 0 Å². The summed E-state index contributed by atoms with van der Waals surface area (Å²) in [7, 11) is 0. The molecule has 2 nitrogen and oxygen atoms in total. The number of hydrogen-bond acceptors (Lipinski definition) is 2. The van der Waals surface area contributed by atoms with Gasteiger partial charge in [0.1, 0.15) is 0 Å². The van der Waals surface area contributed by atoms with Crippen LogP contribution in [0.1, 0.15) is 5.56 Å². The number of carboxylic acid groups (broad SMARTS) is 1. The second-order valence-electron chi connectivity index (χ2n) is 2.20. The summed E-state index contributed by atoms with van der Waals surface area (Å²) in [5.74, 6) is -1.20. The summed E-state index contributed by atoms with van der Waals surface area (Å²) in [6.07, 6.45) is 2.43. The van der Waals surface area contributed by atoms with Crippen molar-refractivity contribution in [3.05, 3.63) is 40.9 Å². The maximum atomic E-state index is 10.0. The zero-order chi connectivity index (χ0) is 8.97. The molecule has 0 radical (unpaired) electrons. The fourth-order valence-electron chi connectivity index (χ4n) is 0.738. The Kier molecular flexibility index (Phi) is 6.94. The number of carboxylic acids is 1. The van der Waals surface area contributed by atoms with Crippen molar-refractivity contribution < 1.29 is 61.3 Å². The molecule has 0 aliphatic carbocycles. The summed E-state index contributed by atoms with van der Waals surface area (Å²) in [6, 6.07) is 6.83. The molecule has 0 atom stereocenters. The quantitative estimate of drug-likeness (QED) is 0.432. The fraction of sp³-hybridized carbons (Fsp3) is 0. The van der Waals surface area contributed by atoms with Crippen LogP contribution in [0.3, 0.4) is 0 Å². The van der Waals surface area contributed by atoms with Crippen LogP contribution in [0.15, 0.2) is 30.3 Å². The smallest absolute Gasteiger partial charge is 0.545 e. The molecule has 0 aromatic heterocycles. The molecule has 0 aliphatic heterocycles. The molecule has 0 spiro atoms. The fourth-order valence-corrected chi connectivity index (χ4v) is 0.864. The van der Waals surface area contributed by atoms with E-state index in [1.54, 1.807) is 24.3 Å². The number of rotatable bonds is 2. The van der Waals surface area contributed by atoms with Gasteiger partial charge in [-0.1, -0.05) is 29.8 Å². The van der Waals surface area contributed by atoms with E-state index >= 15 is 0 Å². The summed E-state index contributed by atoms with van der Waals surface area (Å²) < 4.78 is 0. The van der Waals surface area contributed by atoms with Gasteiger partial charge in [-0.3, -0.25) is 0 Å². The molecule has 13 heavy (non-hydrogen) atoms.